The smallest absolute Gasteiger partial charge is 0.303 e. The van der Waals surface area contributed by atoms with Gasteiger partial charge in [0.1, 0.15) is 0 Å². The summed E-state index contributed by atoms with van der Waals surface area (Å²) >= 11 is 3.27. The molecule has 0 aliphatic heterocycles. The van der Waals surface area contributed by atoms with Gasteiger partial charge in [0, 0.05) is 6.42 Å². The Morgan fingerprint density at radius 2 is 1.69 bits per heavy atom. The molecular weight excluding hydrogens is 242 g/mol. The highest BCUT2D eigenvalue weighted by Gasteiger charge is 1.93. The zero-order valence-corrected chi connectivity index (χ0v) is 11.2. The molecule has 0 fully saturated rings. The third-order valence-corrected chi connectivity index (χ3v) is 2.88. The first-order valence-corrected chi connectivity index (χ1v) is 7.15. The van der Waals surface area contributed by atoms with Crippen molar-refractivity contribution < 1.29 is 9.90 Å². The van der Waals surface area contributed by atoms with E-state index in [1.165, 1.54) is 0 Å². The predicted molar refractivity (Wildman–Crippen MR) is 75.9 cm³/mol. The molecule has 0 rings (SSSR count). The van der Waals surface area contributed by atoms with E-state index in [1.54, 1.807) is 28.9 Å². The minimum Gasteiger partial charge on any atom is -0.481 e. The molecule has 0 radical (unpaired) electrons. The van der Waals surface area contributed by atoms with Crippen molar-refractivity contribution >= 4 is 29.5 Å². The number of carbonyl (C=O) groups is 1. The number of rotatable bonds is 9. The molecule has 16 heavy (non-hydrogen) atoms. The van der Waals surface area contributed by atoms with Crippen molar-refractivity contribution in [3.05, 3.63) is 24.0 Å². The maximum Gasteiger partial charge on any atom is 0.303 e. The molecule has 3 N–H and O–H groups in total. The topological polar surface area (TPSA) is 63.3 Å². The molecule has 0 aromatic carbocycles. The van der Waals surface area contributed by atoms with E-state index in [-0.39, 0.29) is 6.42 Å². The molecule has 0 saturated heterocycles. The van der Waals surface area contributed by atoms with E-state index in [9.17, 15) is 4.79 Å². The van der Waals surface area contributed by atoms with Crippen LogP contribution in [0.15, 0.2) is 24.0 Å². The summed E-state index contributed by atoms with van der Waals surface area (Å²) in [5.41, 5.74) is 5.22. The van der Waals surface area contributed by atoms with Gasteiger partial charge >= 0.3 is 5.97 Å². The number of hydrogen-bond donors (Lipinski definition) is 2. The first-order valence-electron chi connectivity index (χ1n) is 5.05. The van der Waals surface area contributed by atoms with E-state index >= 15 is 0 Å². The molecule has 0 aromatic heterocycles. The van der Waals surface area contributed by atoms with Crippen molar-refractivity contribution in [1.82, 2.24) is 0 Å². The summed E-state index contributed by atoms with van der Waals surface area (Å²) in [6.07, 6.45) is 2.09. The predicted octanol–water partition coefficient (Wildman–Crippen LogP) is 2.94. The summed E-state index contributed by atoms with van der Waals surface area (Å²) in [5, 5.41) is 11.7. The quantitative estimate of drug-likeness (QED) is 0.626. The second-order valence-corrected chi connectivity index (χ2v) is 4.86. The van der Waals surface area contributed by atoms with E-state index in [0.717, 1.165) is 30.9 Å². The molecule has 0 amide bonds. The Labute approximate surface area is 107 Å². The second kappa shape index (κ2) is 17.0. The van der Waals surface area contributed by atoms with Crippen molar-refractivity contribution in [3.8, 4) is 0 Å². The summed E-state index contributed by atoms with van der Waals surface area (Å²) in [7, 11) is 0. The monoisotopic (exact) mass is 263 g/mol. The fraction of sp³-hybridized carbons (Fsp3) is 0.545. The van der Waals surface area contributed by atoms with Gasteiger partial charge in [-0.1, -0.05) is 13.2 Å². The third kappa shape index (κ3) is 23.4. The average molecular weight is 263 g/mol. The first kappa shape index (κ1) is 18.0. The Balaban J connectivity index is 0. The van der Waals surface area contributed by atoms with Gasteiger partial charge in [-0.2, -0.15) is 0 Å². The molecule has 0 aliphatic rings. The molecular formula is C11H21NO2S2. The van der Waals surface area contributed by atoms with Crippen LogP contribution >= 0.6 is 23.5 Å². The van der Waals surface area contributed by atoms with Gasteiger partial charge in [-0.25, -0.2) is 0 Å². The number of hydrogen-bond acceptors (Lipinski definition) is 4. The van der Waals surface area contributed by atoms with Crippen LogP contribution in [0, 0.1) is 0 Å². The summed E-state index contributed by atoms with van der Waals surface area (Å²) in [6.45, 7) is 7.84. The van der Waals surface area contributed by atoms with Crippen molar-refractivity contribution in [2.75, 3.05) is 18.1 Å². The Kier molecular flexibility index (Phi) is 19.1. The van der Waals surface area contributed by atoms with Gasteiger partial charge in [-0.05, 0) is 41.7 Å². The van der Waals surface area contributed by atoms with Gasteiger partial charge in [0.25, 0.3) is 0 Å². The molecule has 0 aromatic rings. The molecule has 3 nitrogen and oxygen atoms in total. The molecule has 0 bridgehead atoms. The largest absolute Gasteiger partial charge is 0.481 e. The normalized spacial score (nSPS) is 8.81. The molecule has 0 saturated carbocycles. The number of carboxylic acid groups (broad SMARTS) is 1. The minimum atomic E-state index is -0.723. The zero-order chi connectivity index (χ0) is 12.6. The number of aliphatic carboxylic acids is 1. The fourth-order valence-electron chi connectivity index (χ4n) is 0.640. The van der Waals surface area contributed by atoms with E-state index in [2.05, 4.69) is 13.2 Å². The summed E-state index contributed by atoms with van der Waals surface area (Å²) in [5.74, 6) is 1.25. The van der Waals surface area contributed by atoms with E-state index in [4.69, 9.17) is 10.8 Å². The van der Waals surface area contributed by atoms with Gasteiger partial charge in [-0.15, -0.1) is 23.5 Å². The molecule has 0 atom stereocenters. The molecule has 0 unspecified atom stereocenters. The highest BCUT2D eigenvalue weighted by molar-refractivity contribution is 8.02. The lowest BCUT2D eigenvalue weighted by molar-refractivity contribution is -0.137. The van der Waals surface area contributed by atoms with Gasteiger partial charge in [-0.3, -0.25) is 4.79 Å². The van der Waals surface area contributed by atoms with Gasteiger partial charge < -0.3 is 10.8 Å². The lowest BCUT2D eigenvalue weighted by atomic mass is 10.3. The zero-order valence-electron chi connectivity index (χ0n) is 9.56. The van der Waals surface area contributed by atoms with Crippen LogP contribution in [0.1, 0.15) is 19.3 Å². The minimum absolute atomic E-state index is 0.265. The maximum atomic E-state index is 9.93. The third-order valence-electron chi connectivity index (χ3n) is 1.35. The highest BCUT2D eigenvalue weighted by atomic mass is 32.2. The second-order valence-electron chi connectivity index (χ2n) is 2.71. The van der Waals surface area contributed by atoms with Crippen molar-refractivity contribution in [1.29, 1.82) is 0 Å². The van der Waals surface area contributed by atoms with Crippen molar-refractivity contribution in [2.45, 2.75) is 19.3 Å². The van der Waals surface area contributed by atoms with Gasteiger partial charge in [0.05, 0.1) is 0 Å². The van der Waals surface area contributed by atoms with Crippen molar-refractivity contribution in [2.24, 2.45) is 5.73 Å². The summed E-state index contributed by atoms with van der Waals surface area (Å²) < 4.78 is 0. The van der Waals surface area contributed by atoms with Crippen LogP contribution in [-0.4, -0.2) is 29.1 Å². The van der Waals surface area contributed by atoms with Gasteiger partial charge in [0.2, 0.25) is 0 Å². The Bertz CT molecular complexity index is 187. The van der Waals surface area contributed by atoms with Gasteiger partial charge in [0.15, 0.2) is 0 Å². The molecule has 94 valence electrons. The van der Waals surface area contributed by atoms with Crippen LogP contribution in [0.5, 0.6) is 0 Å². The first-order chi connectivity index (χ1) is 7.68. The van der Waals surface area contributed by atoms with Crippen LogP contribution < -0.4 is 5.73 Å². The SMILES string of the molecule is C=CSCCCC(=O)O.C=CSCCCN. The van der Waals surface area contributed by atoms with E-state index in [1.807, 2.05) is 5.41 Å². The van der Waals surface area contributed by atoms with E-state index < -0.39 is 5.97 Å². The molecule has 0 heterocycles. The molecule has 0 aliphatic carbocycles. The van der Waals surface area contributed by atoms with Crippen LogP contribution in [0.4, 0.5) is 0 Å². The number of thioether (sulfide) groups is 2. The van der Waals surface area contributed by atoms with E-state index in [0.29, 0.717) is 0 Å². The fourth-order valence-corrected chi connectivity index (χ4v) is 1.62. The highest BCUT2D eigenvalue weighted by Crippen LogP contribution is 2.03. The molecule has 5 heteroatoms. The Morgan fingerprint density at radius 1 is 1.19 bits per heavy atom. The maximum absolute atomic E-state index is 9.93. The summed E-state index contributed by atoms with van der Waals surface area (Å²) in [6, 6.07) is 0. The molecule has 0 spiro atoms. The van der Waals surface area contributed by atoms with Crippen LogP contribution in [0.25, 0.3) is 0 Å². The number of carboxylic acids is 1. The number of nitrogens with two attached hydrogens (primary N) is 1. The van der Waals surface area contributed by atoms with Crippen molar-refractivity contribution in [3.63, 3.8) is 0 Å². The van der Waals surface area contributed by atoms with Crippen LogP contribution in [-0.2, 0) is 4.79 Å². The lowest BCUT2D eigenvalue weighted by Crippen LogP contribution is -1.98. The van der Waals surface area contributed by atoms with Crippen LogP contribution in [0.3, 0.4) is 0 Å². The van der Waals surface area contributed by atoms with Crippen LogP contribution in [0.2, 0.25) is 0 Å². The Hall–Kier alpha value is -0.390. The summed E-state index contributed by atoms with van der Waals surface area (Å²) in [4.78, 5) is 9.93. The standard InChI is InChI=1S/C6H10O2S.C5H11NS/c1-2-9-5-3-4-6(7)8;1-2-7-5-3-4-6/h2H,1,3-5H2,(H,7,8);2H,1,3-6H2. The Morgan fingerprint density at radius 3 is 2.06 bits per heavy atom. The average Bonchev–Trinajstić information content (AvgIpc) is 2.26. The lowest BCUT2D eigenvalue weighted by Gasteiger charge is -1.90.